The summed E-state index contributed by atoms with van der Waals surface area (Å²) < 4.78 is 0. The Morgan fingerprint density at radius 2 is 0.472 bits per heavy atom. The number of rotatable bonds is 42. The standard InChI is InChI=1S/2C24H46O2.Zn/c2*1-2-3-4-5-6-7-8-9-10-11-12-13-14-15-16-17-18-19-20-21-22-23-24(25)26;/h2*9-10H,2-8,11-23H2,1H3,(H,25,26);/q;;+2/p-2. The predicted octanol–water partition coefficient (Wildman–Crippen LogP) is 14.2. The number of hydrogen-bond acceptors (Lipinski definition) is 4. The molecular formula is C48H90O4Zn. The first-order valence-corrected chi connectivity index (χ1v) is 23.2. The summed E-state index contributed by atoms with van der Waals surface area (Å²) in [6, 6.07) is 0. The van der Waals surface area contributed by atoms with Crippen molar-refractivity contribution in [3.63, 3.8) is 0 Å². The largest absolute Gasteiger partial charge is 2.00 e. The first-order chi connectivity index (χ1) is 25.5. The van der Waals surface area contributed by atoms with Crippen molar-refractivity contribution in [3.8, 4) is 0 Å². The topological polar surface area (TPSA) is 80.3 Å². The van der Waals surface area contributed by atoms with Crippen LogP contribution in [0.1, 0.15) is 271 Å². The summed E-state index contributed by atoms with van der Waals surface area (Å²) >= 11 is 0. The van der Waals surface area contributed by atoms with Gasteiger partial charge in [-0.3, -0.25) is 0 Å². The summed E-state index contributed by atoms with van der Waals surface area (Å²) in [5, 5.41) is 20.6. The minimum Gasteiger partial charge on any atom is -0.550 e. The van der Waals surface area contributed by atoms with E-state index in [4.69, 9.17) is 0 Å². The van der Waals surface area contributed by atoms with E-state index >= 15 is 0 Å². The van der Waals surface area contributed by atoms with Crippen molar-refractivity contribution in [1.82, 2.24) is 0 Å². The molecule has 0 spiro atoms. The van der Waals surface area contributed by atoms with Crippen LogP contribution in [0.4, 0.5) is 0 Å². The molecule has 0 heterocycles. The van der Waals surface area contributed by atoms with E-state index in [1.807, 2.05) is 0 Å². The quantitative estimate of drug-likeness (QED) is 0.0350. The Morgan fingerprint density at radius 1 is 0.302 bits per heavy atom. The molecule has 0 unspecified atom stereocenters. The molecule has 0 N–H and O–H groups in total. The minimum atomic E-state index is -0.904. The molecule has 0 fully saturated rings. The molecular weight excluding hydrogens is 706 g/mol. The molecule has 0 saturated heterocycles. The van der Waals surface area contributed by atoms with Gasteiger partial charge in [0.05, 0.1) is 0 Å². The SMILES string of the molecule is CCCCCCCCC=CCCCCCCCCCCCCCC(=O)[O-].CCCCCCCCC=CCCCCCCCCCCCCCC(=O)[O-].[Zn+2]. The molecule has 5 heteroatoms. The molecule has 0 rings (SSSR count). The maximum absolute atomic E-state index is 10.3. The van der Waals surface area contributed by atoms with Crippen LogP contribution in [0, 0.1) is 0 Å². The second kappa shape index (κ2) is 53.1. The van der Waals surface area contributed by atoms with Crippen LogP contribution in [-0.4, -0.2) is 11.9 Å². The fourth-order valence-corrected chi connectivity index (χ4v) is 6.80. The molecule has 0 bridgehead atoms. The van der Waals surface area contributed by atoms with E-state index in [0.29, 0.717) is 0 Å². The van der Waals surface area contributed by atoms with E-state index in [2.05, 4.69) is 38.2 Å². The summed E-state index contributed by atoms with van der Waals surface area (Å²) in [7, 11) is 0. The summed E-state index contributed by atoms with van der Waals surface area (Å²) in [6.07, 6.45) is 59.5. The number of hydrogen-bond donors (Lipinski definition) is 0. The molecule has 0 radical (unpaired) electrons. The third kappa shape index (κ3) is 60.5. The third-order valence-electron chi connectivity index (χ3n) is 10.3. The zero-order valence-electron chi connectivity index (χ0n) is 35.9. The number of aliphatic carboxylic acids is 2. The van der Waals surface area contributed by atoms with Gasteiger partial charge < -0.3 is 19.8 Å². The zero-order valence-corrected chi connectivity index (χ0v) is 38.9. The van der Waals surface area contributed by atoms with Gasteiger partial charge in [0.1, 0.15) is 0 Å². The van der Waals surface area contributed by atoms with Crippen LogP contribution in [-0.2, 0) is 29.1 Å². The molecule has 0 atom stereocenters. The first kappa shape index (κ1) is 56.4. The molecule has 0 amide bonds. The van der Waals surface area contributed by atoms with E-state index in [1.165, 1.54) is 218 Å². The van der Waals surface area contributed by atoms with Crippen molar-refractivity contribution in [1.29, 1.82) is 0 Å². The van der Waals surface area contributed by atoms with Gasteiger partial charge in [-0.25, -0.2) is 0 Å². The average molecular weight is 797 g/mol. The monoisotopic (exact) mass is 795 g/mol. The van der Waals surface area contributed by atoms with Crippen molar-refractivity contribution < 1.29 is 39.3 Å². The van der Waals surface area contributed by atoms with Gasteiger partial charge in [-0.2, -0.15) is 0 Å². The minimum absolute atomic E-state index is 0. The fourth-order valence-electron chi connectivity index (χ4n) is 6.80. The molecule has 0 aromatic heterocycles. The number of carbonyl (C=O) groups is 2. The number of carboxylic acids is 2. The molecule has 0 saturated carbocycles. The molecule has 308 valence electrons. The van der Waals surface area contributed by atoms with Crippen molar-refractivity contribution in [2.75, 3.05) is 0 Å². The van der Waals surface area contributed by atoms with Gasteiger partial charge in [-0.05, 0) is 77.0 Å². The van der Waals surface area contributed by atoms with Crippen LogP contribution >= 0.6 is 0 Å². The van der Waals surface area contributed by atoms with Crippen LogP contribution in [0.25, 0.3) is 0 Å². The number of carboxylic acid groups (broad SMARTS) is 2. The van der Waals surface area contributed by atoms with Crippen molar-refractivity contribution in [2.24, 2.45) is 0 Å². The maximum atomic E-state index is 10.3. The molecule has 53 heavy (non-hydrogen) atoms. The van der Waals surface area contributed by atoms with Crippen LogP contribution in [0.5, 0.6) is 0 Å². The van der Waals surface area contributed by atoms with E-state index in [-0.39, 0.29) is 32.3 Å². The van der Waals surface area contributed by atoms with Crippen molar-refractivity contribution in [3.05, 3.63) is 24.3 Å². The predicted molar refractivity (Wildman–Crippen MR) is 224 cm³/mol. The average Bonchev–Trinajstić information content (AvgIpc) is 3.13. The van der Waals surface area contributed by atoms with E-state index in [1.54, 1.807) is 0 Å². The Labute approximate surface area is 344 Å². The van der Waals surface area contributed by atoms with Gasteiger partial charge in [-0.15, -0.1) is 0 Å². The number of unbranched alkanes of at least 4 members (excludes halogenated alkanes) is 34. The summed E-state index contributed by atoms with van der Waals surface area (Å²) in [6.45, 7) is 4.55. The fraction of sp³-hybridized carbons (Fsp3) is 0.875. The normalized spacial score (nSPS) is 11.2. The van der Waals surface area contributed by atoms with E-state index < -0.39 is 11.9 Å². The molecule has 4 nitrogen and oxygen atoms in total. The summed E-state index contributed by atoms with van der Waals surface area (Å²) in [5.74, 6) is -1.81. The summed E-state index contributed by atoms with van der Waals surface area (Å²) in [4.78, 5) is 20.6. The van der Waals surface area contributed by atoms with Crippen LogP contribution in [0.2, 0.25) is 0 Å². The zero-order chi connectivity index (χ0) is 38.3. The Bertz CT molecular complexity index is 688. The maximum Gasteiger partial charge on any atom is 2.00 e. The molecule has 0 aliphatic carbocycles. The van der Waals surface area contributed by atoms with Crippen molar-refractivity contribution >= 4 is 11.9 Å². The van der Waals surface area contributed by atoms with Gasteiger partial charge in [0, 0.05) is 11.9 Å². The number of carbonyl (C=O) groups excluding carboxylic acids is 2. The van der Waals surface area contributed by atoms with Gasteiger partial charge in [0.2, 0.25) is 0 Å². The van der Waals surface area contributed by atoms with Crippen LogP contribution < -0.4 is 10.2 Å². The smallest absolute Gasteiger partial charge is 0.550 e. The summed E-state index contributed by atoms with van der Waals surface area (Å²) in [5.41, 5.74) is 0. The molecule has 0 aliphatic heterocycles. The van der Waals surface area contributed by atoms with Gasteiger partial charge in [-0.1, -0.05) is 218 Å². The third-order valence-corrected chi connectivity index (χ3v) is 10.3. The number of allylic oxidation sites excluding steroid dienone is 4. The van der Waals surface area contributed by atoms with Crippen LogP contribution in [0.3, 0.4) is 0 Å². The van der Waals surface area contributed by atoms with Crippen LogP contribution in [0.15, 0.2) is 24.3 Å². The second-order valence-corrected chi connectivity index (χ2v) is 15.7. The van der Waals surface area contributed by atoms with E-state index in [9.17, 15) is 19.8 Å². The van der Waals surface area contributed by atoms with Gasteiger partial charge in [0.15, 0.2) is 0 Å². The molecule has 0 aromatic rings. The Morgan fingerprint density at radius 3 is 0.660 bits per heavy atom. The Hall–Kier alpha value is -0.957. The van der Waals surface area contributed by atoms with Gasteiger partial charge in [0.25, 0.3) is 0 Å². The van der Waals surface area contributed by atoms with E-state index in [0.717, 1.165) is 25.7 Å². The first-order valence-electron chi connectivity index (χ1n) is 23.2. The van der Waals surface area contributed by atoms with Crippen molar-refractivity contribution in [2.45, 2.75) is 271 Å². The van der Waals surface area contributed by atoms with Gasteiger partial charge >= 0.3 is 19.5 Å². The molecule has 0 aliphatic rings. The Kier molecular flexibility index (Phi) is 56.5. The Balaban J connectivity index is -0.000000926. The second-order valence-electron chi connectivity index (χ2n) is 15.7. The molecule has 0 aromatic carbocycles.